The first kappa shape index (κ1) is 17.3. The summed E-state index contributed by atoms with van der Waals surface area (Å²) in [4.78, 5) is 0. The molecule has 0 fully saturated rings. The molecule has 0 heterocycles. The van der Waals surface area contributed by atoms with Crippen molar-refractivity contribution in [2.75, 3.05) is 17.9 Å². The highest BCUT2D eigenvalue weighted by Crippen LogP contribution is 2.16. The van der Waals surface area contributed by atoms with E-state index in [9.17, 15) is 21.6 Å². The van der Waals surface area contributed by atoms with Crippen LogP contribution in [0.1, 0.15) is 11.1 Å². The first-order valence-corrected chi connectivity index (χ1v) is 7.15. The Morgan fingerprint density at radius 2 is 1.95 bits per heavy atom. The molecule has 21 heavy (non-hydrogen) atoms. The van der Waals surface area contributed by atoms with E-state index in [0.29, 0.717) is 11.1 Å². The first-order valence-electron chi connectivity index (χ1n) is 5.67. The van der Waals surface area contributed by atoms with Crippen molar-refractivity contribution in [2.45, 2.75) is 13.1 Å². The van der Waals surface area contributed by atoms with Gasteiger partial charge in [-0.15, -0.1) is 0 Å². The van der Waals surface area contributed by atoms with Gasteiger partial charge in [0.25, 0.3) is 10.2 Å². The van der Waals surface area contributed by atoms with E-state index in [1.807, 2.05) is 4.72 Å². The normalized spacial score (nSPS) is 11.7. The number of aliphatic hydroxyl groups is 1. The van der Waals surface area contributed by atoms with Crippen molar-refractivity contribution in [1.29, 1.82) is 0 Å². The van der Waals surface area contributed by atoms with Crippen molar-refractivity contribution in [3.05, 3.63) is 29.3 Å². The lowest BCUT2D eigenvalue weighted by Crippen LogP contribution is -2.37. The van der Waals surface area contributed by atoms with Gasteiger partial charge in [0, 0.05) is 5.56 Å². The van der Waals surface area contributed by atoms with Crippen LogP contribution < -0.4 is 9.44 Å². The number of aryl methyl sites for hydroxylation is 1. The van der Waals surface area contributed by atoms with E-state index in [4.69, 9.17) is 5.11 Å². The molecule has 0 aromatic heterocycles. The van der Waals surface area contributed by atoms with Gasteiger partial charge in [-0.05, 0) is 30.7 Å². The topological polar surface area (TPSA) is 78.4 Å². The number of benzene rings is 1. The fourth-order valence-corrected chi connectivity index (χ4v) is 2.28. The maximum atomic E-state index is 12.0. The van der Waals surface area contributed by atoms with Gasteiger partial charge in [0.05, 0.1) is 5.69 Å². The van der Waals surface area contributed by atoms with Gasteiger partial charge in [0.1, 0.15) is 13.2 Å². The molecular formula is C12H13F3N2O3S. The summed E-state index contributed by atoms with van der Waals surface area (Å²) in [6, 6.07) is 4.43. The monoisotopic (exact) mass is 322 g/mol. The van der Waals surface area contributed by atoms with Gasteiger partial charge in [-0.1, -0.05) is 11.8 Å². The molecule has 0 unspecified atom stereocenters. The third kappa shape index (κ3) is 6.99. The Bertz CT molecular complexity index is 661. The first-order chi connectivity index (χ1) is 9.61. The molecule has 0 atom stereocenters. The minimum Gasteiger partial charge on any atom is -0.384 e. The molecule has 1 aromatic rings. The van der Waals surface area contributed by atoms with Gasteiger partial charge < -0.3 is 5.11 Å². The molecule has 9 heteroatoms. The van der Waals surface area contributed by atoms with Crippen LogP contribution >= 0.6 is 0 Å². The number of hydrogen-bond donors (Lipinski definition) is 3. The summed E-state index contributed by atoms with van der Waals surface area (Å²) < 4.78 is 62.3. The van der Waals surface area contributed by atoms with Crippen molar-refractivity contribution in [3.8, 4) is 11.8 Å². The van der Waals surface area contributed by atoms with Gasteiger partial charge in [-0.3, -0.25) is 4.72 Å². The number of rotatable bonds is 4. The van der Waals surface area contributed by atoms with E-state index < -0.39 is 22.9 Å². The van der Waals surface area contributed by atoms with Crippen molar-refractivity contribution in [1.82, 2.24) is 4.72 Å². The Hall–Kier alpha value is -1.76. The molecule has 0 spiro atoms. The zero-order valence-corrected chi connectivity index (χ0v) is 11.8. The zero-order chi connectivity index (χ0) is 16.1. The van der Waals surface area contributed by atoms with Crippen molar-refractivity contribution < 1.29 is 26.7 Å². The zero-order valence-electron chi connectivity index (χ0n) is 11.0. The van der Waals surface area contributed by atoms with Crippen LogP contribution in [0, 0.1) is 18.8 Å². The maximum Gasteiger partial charge on any atom is 0.402 e. The molecule has 1 rings (SSSR count). The Kier molecular flexibility index (Phi) is 5.60. The lowest BCUT2D eigenvalue weighted by Gasteiger charge is -2.12. The van der Waals surface area contributed by atoms with Gasteiger partial charge in [0.15, 0.2) is 0 Å². The Morgan fingerprint density at radius 3 is 2.52 bits per heavy atom. The summed E-state index contributed by atoms with van der Waals surface area (Å²) in [5.41, 5.74) is 1.16. The molecule has 116 valence electrons. The molecular weight excluding hydrogens is 309 g/mol. The number of halogens is 3. The average Bonchev–Trinajstić information content (AvgIpc) is 2.32. The largest absolute Gasteiger partial charge is 0.402 e. The van der Waals surface area contributed by atoms with Crippen LogP contribution in [-0.4, -0.2) is 32.9 Å². The summed E-state index contributed by atoms with van der Waals surface area (Å²) in [6.45, 7) is -0.349. The van der Waals surface area contributed by atoms with E-state index in [2.05, 4.69) is 11.8 Å². The standard InChI is InChI=1S/C12H13F3N2O3S/c1-9-5-10(3-2-4-18)7-11(6-9)17-21(19,20)16-8-12(13,14)15/h5-7,16-18H,4,8H2,1H3. The van der Waals surface area contributed by atoms with Crippen LogP contribution in [-0.2, 0) is 10.2 Å². The molecule has 3 N–H and O–H groups in total. The summed E-state index contributed by atoms with van der Waals surface area (Å²) in [5, 5.41) is 8.60. The predicted octanol–water partition coefficient (Wildman–Crippen LogP) is 1.15. The van der Waals surface area contributed by atoms with Crippen molar-refractivity contribution >= 4 is 15.9 Å². The summed E-state index contributed by atoms with van der Waals surface area (Å²) in [6.07, 6.45) is -4.64. The van der Waals surface area contributed by atoms with Crippen LogP contribution in [0.3, 0.4) is 0 Å². The second-order valence-corrected chi connectivity index (χ2v) is 5.59. The fraction of sp³-hybridized carbons (Fsp3) is 0.333. The lowest BCUT2D eigenvalue weighted by molar-refractivity contribution is -0.121. The number of alkyl halides is 3. The van der Waals surface area contributed by atoms with Crippen molar-refractivity contribution in [3.63, 3.8) is 0 Å². The van der Waals surface area contributed by atoms with E-state index in [0.717, 1.165) is 0 Å². The van der Waals surface area contributed by atoms with Crippen LogP contribution in [0.25, 0.3) is 0 Å². The van der Waals surface area contributed by atoms with E-state index in [1.54, 1.807) is 13.0 Å². The van der Waals surface area contributed by atoms with Gasteiger partial charge in [-0.25, -0.2) is 0 Å². The van der Waals surface area contributed by atoms with Crippen molar-refractivity contribution in [2.24, 2.45) is 0 Å². The molecule has 0 bridgehead atoms. The van der Waals surface area contributed by atoms with E-state index in [-0.39, 0.29) is 12.3 Å². The van der Waals surface area contributed by atoms with Crippen LogP contribution in [0.15, 0.2) is 18.2 Å². The van der Waals surface area contributed by atoms with Gasteiger partial charge in [-0.2, -0.15) is 26.3 Å². The molecule has 5 nitrogen and oxygen atoms in total. The quantitative estimate of drug-likeness (QED) is 0.728. The molecule has 0 saturated carbocycles. The molecule has 0 aliphatic rings. The predicted molar refractivity (Wildman–Crippen MR) is 71.7 cm³/mol. The molecule has 0 amide bonds. The number of anilines is 1. The third-order valence-electron chi connectivity index (χ3n) is 2.10. The van der Waals surface area contributed by atoms with Gasteiger partial charge in [0.2, 0.25) is 0 Å². The minimum absolute atomic E-state index is 0.0758. The SMILES string of the molecule is Cc1cc(C#CCO)cc(NS(=O)(=O)NCC(F)(F)F)c1. The summed E-state index contributed by atoms with van der Waals surface area (Å²) in [5.74, 6) is 4.97. The molecule has 0 radical (unpaired) electrons. The van der Waals surface area contributed by atoms with Crippen LogP contribution in [0.5, 0.6) is 0 Å². The lowest BCUT2D eigenvalue weighted by atomic mass is 10.1. The molecule has 0 saturated heterocycles. The molecule has 0 aliphatic carbocycles. The summed E-state index contributed by atoms with van der Waals surface area (Å²) in [7, 11) is -4.34. The fourth-order valence-electron chi connectivity index (χ4n) is 1.42. The second kappa shape index (κ2) is 6.80. The summed E-state index contributed by atoms with van der Waals surface area (Å²) >= 11 is 0. The van der Waals surface area contributed by atoms with E-state index in [1.165, 1.54) is 16.9 Å². The molecule has 1 aromatic carbocycles. The van der Waals surface area contributed by atoms with Crippen LogP contribution in [0.4, 0.5) is 18.9 Å². The van der Waals surface area contributed by atoms with Crippen LogP contribution in [0.2, 0.25) is 0 Å². The third-order valence-corrected chi connectivity index (χ3v) is 3.13. The highest BCUT2D eigenvalue weighted by molar-refractivity contribution is 7.90. The number of hydrogen-bond acceptors (Lipinski definition) is 3. The maximum absolute atomic E-state index is 12.0. The highest BCUT2D eigenvalue weighted by atomic mass is 32.2. The number of nitrogens with one attached hydrogen (secondary N) is 2. The Morgan fingerprint density at radius 1 is 1.29 bits per heavy atom. The van der Waals surface area contributed by atoms with E-state index >= 15 is 0 Å². The van der Waals surface area contributed by atoms with Gasteiger partial charge >= 0.3 is 6.18 Å². The number of aliphatic hydroxyl groups excluding tert-OH is 1. The average molecular weight is 322 g/mol. The Labute approximate surface area is 120 Å². The second-order valence-electron chi connectivity index (χ2n) is 4.09. The Balaban J connectivity index is 2.89. The smallest absolute Gasteiger partial charge is 0.384 e. The highest BCUT2D eigenvalue weighted by Gasteiger charge is 2.29. The molecule has 0 aliphatic heterocycles. The minimum atomic E-state index is -4.64.